The zero-order valence-corrected chi connectivity index (χ0v) is 12.5. The molecule has 2 N–H and O–H groups in total. The van der Waals surface area contributed by atoms with Crippen molar-refractivity contribution in [3.05, 3.63) is 29.8 Å². The standard InChI is InChI=1S/C15H18N4O3/c1-10-13(15(21)19-17-10)7-8-14(20)18-16-9-11-3-5-12(22-2)6-4-11/h3-6,9,13H,7-8H2,1-2H3,(H,18,20)(H,19,21). The second kappa shape index (κ2) is 7.35. The molecule has 1 aliphatic rings. The molecule has 0 spiro atoms. The fourth-order valence-corrected chi connectivity index (χ4v) is 2.03. The van der Waals surface area contributed by atoms with Gasteiger partial charge in [-0.05, 0) is 43.2 Å². The lowest BCUT2D eigenvalue weighted by Gasteiger charge is -2.06. The normalized spacial score (nSPS) is 17.3. The minimum absolute atomic E-state index is 0.160. The van der Waals surface area contributed by atoms with Crippen LogP contribution in [0.15, 0.2) is 34.5 Å². The van der Waals surface area contributed by atoms with Crippen molar-refractivity contribution in [2.24, 2.45) is 16.1 Å². The lowest BCUT2D eigenvalue weighted by Crippen LogP contribution is -2.25. The monoisotopic (exact) mass is 302 g/mol. The van der Waals surface area contributed by atoms with Crippen LogP contribution in [0, 0.1) is 5.92 Å². The highest BCUT2D eigenvalue weighted by Gasteiger charge is 2.26. The minimum atomic E-state index is -0.323. The molecule has 7 heteroatoms. The average Bonchev–Trinajstić information content (AvgIpc) is 2.84. The van der Waals surface area contributed by atoms with Crippen LogP contribution < -0.4 is 15.6 Å². The van der Waals surface area contributed by atoms with Crippen LogP contribution in [-0.4, -0.2) is 30.9 Å². The van der Waals surface area contributed by atoms with Gasteiger partial charge in [-0.3, -0.25) is 9.59 Å². The largest absolute Gasteiger partial charge is 0.497 e. The summed E-state index contributed by atoms with van der Waals surface area (Å²) in [5, 5.41) is 7.72. The molecule has 0 bridgehead atoms. The highest BCUT2D eigenvalue weighted by Crippen LogP contribution is 2.13. The highest BCUT2D eigenvalue weighted by molar-refractivity contribution is 6.07. The molecule has 22 heavy (non-hydrogen) atoms. The fourth-order valence-electron chi connectivity index (χ4n) is 2.03. The third-order valence-corrected chi connectivity index (χ3v) is 3.34. The molecular formula is C15H18N4O3. The average molecular weight is 302 g/mol. The number of nitrogens with zero attached hydrogens (tertiary/aromatic N) is 2. The number of carbonyl (C=O) groups excluding carboxylic acids is 2. The Bertz CT molecular complexity index is 608. The van der Waals surface area contributed by atoms with E-state index < -0.39 is 0 Å². The maximum absolute atomic E-state index is 11.7. The Balaban J connectivity index is 1.76. The first-order valence-corrected chi connectivity index (χ1v) is 6.90. The molecule has 1 aromatic carbocycles. The van der Waals surface area contributed by atoms with E-state index in [0.29, 0.717) is 12.1 Å². The second-order valence-electron chi connectivity index (χ2n) is 4.89. The van der Waals surface area contributed by atoms with E-state index in [1.807, 2.05) is 24.3 Å². The topological polar surface area (TPSA) is 92.1 Å². The number of rotatable bonds is 6. The van der Waals surface area contributed by atoms with E-state index in [0.717, 1.165) is 11.3 Å². The lowest BCUT2D eigenvalue weighted by molar-refractivity contribution is -0.123. The maximum Gasteiger partial charge on any atom is 0.248 e. The van der Waals surface area contributed by atoms with E-state index in [4.69, 9.17) is 4.74 Å². The summed E-state index contributed by atoms with van der Waals surface area (Å²) in [5.74, 6) is 0.0358. The van der Waals surface area contributed by atoms with E-state index in [1.165, 1.54) is 0 Å². The van der Waals surface area contributed by atoms with Gasteiger partial charge in [0.05, 0.1) is 19.2 Å². The Kier molecular flexibility index (Phi) is 5.24. The van der Waals surface area contributed by atoms with E-state index in [-0.39, 0.29) is 24.2 Å². The van der Waals surface area contributed by atoms with Gasteiger partial charge < -0.3 is 4.74 Å². The maximum atomic E-state index is 11.7. The van der Waals surface area contributed by atoms with Crippen LogP contribution in [0.5, 0.6) is 5.75 Å². The predicted molar refractivity (Wildman–Crippen MR) is 82.7 cm³/mol. The minimum Gasteiger partial charge on any atom is -0.497 e. The smallest absolute Gasteiger partial charge is 0.248 e. The summed E-state index contributed by atoms with van der Waals surface area (Å²) in [6.45, 7) is 1.77. The van der Waals surface area contributed by atoms with Crippen molar-refractivity contribution in [3.63, 3.8) is 0 Å². The first-order valence-electron chi connectivity index (χ1n) is 6.90. The molecule has 0 saturated heterocycles. The van der Waals surface area contributed by atoms with E-state index in [1.54, 1.807) is 20.2 Å². The Morgan fingerprint density at radius 3 is 2.77 bits per heavy atom. The van der Waals surface area contributed by atoms with Gasteiger partial charge in [0.1, 0.15) is 5.75 Å². The van der Waals surface area contributed by atoms with Gasteiger partial charge in [0.15, 0.2) is 0 Å². The first-order chi connectivity index (χ1) is 10.6. The summed E-state index contributed by atoms with van der Waals surface area (Å²) in [6, 6.07) is 7.28. The van der Waals surface area contributed by atoms with Crippen molar-refractivity contribution in [2.75, 3.05) is 7.11 Å². The molecule has 1 aromatic rings. The molecule has 1 aliphatic heterocycles. The number of methoxy groups -OCH3 is 1. The van der Waals surface area contributed by atoms with Gasteiger partial charge in [-0.15, -0.1) is 0 Å². The number of carbonyl (C=O) groups is 2. The van der Waals surface area contributed by atoms with Gasteiger partial charge in [-0.25, -0.2) is 10.9 Å². The molecule has 0 fully saturated rings. The molecule has 0 aliphatic carbocycles. The SMILES string of the molecule is COc1ccc(C=NNC(=O)CCC2C(=O)NN=C2C)cc1. The molecule has 0 aromatic heterocycles. The van der Waals surface area contributed by atoms with Crippen LogP contribution in [0.3, 0.4) is 0 Å². The summed E-state index contributed by atoms with van der Waals surface area (Å²) >= 11 is 0. The summed E-state index contributed by atoms with van der Waals surface area (Å²) < 4.78 is 5.05. The Morgan fingerprint density at radius 1 is 1.45 bits per heavy atom. The van der Waals surface area contributed by atoms with Crippen molar-refractivity contribution in [2.45, 2.75) is 19.8 Å². The molecule has 1 atom stereocenters. The third kappa shape index (κ3) is 4.15. The van der Waals surface area contributed by atoms with Gasteiger partial charge in [0.2, 0.25) is 11.8 Å². The van der Waals surface area contributed by atoms with Gasteiger partial charge in [0, 0.05) is 12.1 Å². The molecule has 116 valence electrons. The summed E-state index contributed by atoms with van der Waals surface area (Å²) in [6.07, 6.45) is 2.18. The number of hydrogen-bond donors (Lipinski definition) is 2. The van der Waals surface area contributed by atoms with Crippen LogP contribution in [0.25, 0.3) is 0 Å². The summed E-state index contributed by atoms with van der Waals surface area (Å²) in [5.41, 5.74) is 6.39. The second-order valence-corrected chi connectivity index (χ2v) is 4.89. The van der Waals surface area contributed by atoms with Crippen LogP contribution in [-0.2, 0) is 9.59 Å². The molecule has 1 unspecified atom stereocenters. The molecule has 0 radical (unpaired) electrons. The first kappa shape index (κ1) is 15.7. The number of ether oxygens (including phenoxy) is 1. The fraction of sp³-hybridized carbons (Fsp3) is 0.333. The van der Waals surface area contributed by atoms with Crippen LogP contribution in [0.2, 0.25) is 0 Å². The summed E-state index contributed by atoms with van der Waals surface area (Å²) in [4.78, 5) is 23.1. The van der Waals surface area contributed by atoms with Gasteiger partial charge in [-0.2, -0.15) is 10.2 Å². The Morgan fingerprint density at radius 2 is 2.18 bits per heavy atom. The molecule has 2 rings (SSSR count). The van der Waals surface area contributed by atoms with Crippen molar-refractivity contribution in [1.29, 1.82) is 0 Å². The highest BCUT2D eigenvalue weighted by atomic mass is 16.5. The van der Waals surface area contributed by atoms with Crippen LogP contribution >= 0.6 is 0 Å². The van der Waals surface area contributed by atoms with E-state index in [2.05, 4.69) is 21.1 Å². The third-order valence-electron chi connectivity index (χ3n) is 3.34. The van der Waals surface area contributed by atoms with Crippen LogP contribution in [0.4, 0.5) is 0 Å². The number of amides is 2. The molecule has 2 amide bonds. The number of nitrogens with one attached hydrogen (secondary N) is 2. The quantitative estimate of drug-likeness (QED) is 0.607. The molecule has 1 heterocycles. The Hall–Kier alpha value is -2.70. The molecule has 7 nitrogen and oxygen atoms in total. The zero-order valence-electron chi connectivity index (χ0n) is 12.5. The van der Waals surface area contributed by atoms with Crippen molar-refractivity contribution < 1.29 is 14.3 Å². The van der Waals surface area contributed by atoms with Crippen molar-refractivity contribution >= 4 is 23.7 Å². The predicted octanol–water partition coefficient (Wildman–Crippen LogP) is 1.05. The van der Waals surface area contributed by atoms with Crippen molar-refractivity contribution in [3.8, 4) is 5.75 Å². The molecular weight excluding hydrogens is 284 g/mol. The summed E-state index contributed by atoms with van der Waals surface area (Å²) in [7, 11) is 1.60. The number of hydrogen-bond acceptors (Lipinski definition) is 5. The van der Waals surface area contributed by atoms with Crippen molar-refractivity contribution in [1.82, 2.24) is 10.9 Å². The molecule has 0 saturated carbocycles. The number of benzene rings is 1. The lowest BCUT2D eigenvalue weighted by atomic mass is 9.99. The van der Waals surface area contributed by atoms with Crippen LogP contribution in [0.1, 0.15) is 25.3 Å². The van der Waals surface area contributed by atoms with E-state index in [9.17, 15) is 9.59 Å². The number of hydrazone groups is 2. The van der Waals surface area contributed by atoms with Gasteiger partial charge >= 0.3 is 0 Å². The zero-order chi connectivity index (χ0) is 15.9. The Labute approximate surface area is 128 Å². The van der Waals surface area contributed by atoms with E-state index >= 15 is 0 Å². The van der Waals surface area contributed by atoms with Gasteiger partial charge in [-0.1, -0.05) is 0 Å². The van der Waals surface area contributed by atoms with Gasteiger partial charge in [0.25, 0.3) is 0 Å².